The molecule has 0 bridgehead atoms. The van der Waals surface area contributed by atoms with E-state index in [-0.39, 0.29) is 12.5 Å². The maximum atomic E-state index is 11.6. The van der Waals surface area contributed by atoms with Crippen molar-refractivity contribution < 1.29 is 14.3 Å². The summed E-state index contributed by atoms with van der Waals surface area (Å²) < 4.78 is 5.34. The summed E-state index contributed by atoms with van der Waals surface area (Å²) in [5, 5.41) is 12.7. The monoisotopic (exact) mass is 239 g/mol. The van der Waals surface area contributed by atoms with E-state index in [1.165, 1.54) is 0 Å². The summed E-state index contributed by atoms with van der Waals surface area (Å²) in [5.41, 5.74) is 0.290. The van der Waals surface area contributed by atoms with Crippen molar-refractivity contribution in [1.29, 1.82) is 0 Å². The molecule has 0 radical (unpaired) electrons. The molecule has 1 aromatic heterocycles. The van der Waals surface area contributed by atoms with Gasteiger partial charge in [0.15, 0.2) is 0 Å². The van der Waals surface area contributed by atoms with Gasteiger partial charge in [-0.05, 0) is 19.9 Å². The molecule has 0 aliphatic rings. The molecule has 1 unspecified atom stereocenters. The predicted octanol–water partition coefficient (Wildman–Crippen LogP) is 2.09. The first-order chi connectivity index (χ1) is 7.71. The van der Waals surface area contributed by atoms with Crippen LogP contribution in [0.3, 0.4) is 0 Å². The second kappa shape index (κ2) is 4.92. The third-order valence-electron chi connectivity index (χ3n) is 2.58. The molecule has 1 atom stereocenters. The summed E-state index contributed by atoms with van der Waals surface area (Å²) in [5.74, 6) is 1.38. The van der Waals surface area contributed by atoms with Crippen LogP contribution in [-0.2, 0) is 4.79 Å². The molecular formula is C13H21NO3. The molecule has 1 aromatic rings. The van der Waals surface area contributed by atoms with Gasteiger partial charge in [-0.1, -0.05) is 20.8 Å². The topological polar surface area (TPSA) is 62.5 Å². The van der Waals surface area contributed by atoms with Gasteiger partial charge >= 0.3 is 0 Å². The van der Waals surface area contributed by atoms with Gasteiger partial charge in [0.25, 0.3) is 0 Å². The Kier molecular flexibility index (Phi) is 3.98. The maximum absolute atomic E-state index is 11.6. The molecule has 96 valence electrons. The molecule has 2 N–H and O–H groups in total. The Labute approximate surface area is 102 Å². The molecule has 4 heteroatoms. The van der Waals surface area contributed by atoms with Crippen molar-refractivity contribution in [2.45, 2.75) is 40.7 Å². The molecule has 0 saturated heterocycles. The summed E-state index contributed by atoms with van der Waals surface area (Å²) in [7, 11) is 0. The highest BCUT2D eigenvalue weighted by molar-refractivity contribution is 5.81. The van der Waals surface area contributed by atoms with E-state index < -0.39 is 11.5 Å². The van der Waals surface area contributed by atoms with Crippen LogP contribution in [0.1, 0.15) is 44.0 Å². The largest absolute Gasteiger partial charge is 0.466 e. The highest BCUT2D eigenvalue weighted by Crippen LogP contribution is 2.21. The van der Waals surface area contributed by atoms with Crippen LogP contribution in [-0.4, -0.2) is 17.6 Å². The van der Waals surface area contributed by atoms with Crippen molar-refractivity contribution in [3.8, 4) is 0 Å². The summed E-state index contributed by atoms with van der Waals surface area (Å²) in [6.07, 6.45) is -0.723. The number of rotatable bonds is 3. The number of aliphatic hydroxyl groups is 1. The van der Waals surface area contributed by atoms with Gasteiger partial charge in [0.2, 0.25) is 5.91 Å². The Bertz CT molecular complexity index is 401. The number of furan rings is 1. The lowest BCUT2D eigenvalue weighted by molar-refractivity contribution is -0.129. The van der Waals surface area contributed by atoms with Crippen LogP contribution in [0, 0.1) is 19.3 Å². The number of nitrogens with one attached hydrogen (secondary N) is 1. The van der Waals surface area contributed by atoms with Crippen LogP contribution in [0.15, 0.2) is 10.5 Å². The van der Waals surface area contributed by atoms with E-state index in [2.05, 4.69) is 5.32 Å². The number of hydrogen-bond donors (Lipinski definition) is 2. The van der Waals surface area contributed by atoms with Crippen molar-refractivity contribution >= 4 is 5.91 Å². The first-order valence-corrected chi connectivity index (χ1v) is 5.75. The van der Waals surface area contributed by atoms with Crippen LogP contribution >= 0.6 is 0 Å². The lowest BCUT2D eigenvalue weighted by Gasteiger charge is -2.19. The van der Waals surface area contributed by atoms with Gasteiger partial charge in [0.1, 0.15) is 11.5 Å². The standard InChI is InChI=1S/C13H21NO3/c1-8-6-10(9(2)17-8)11(15)7-14-12(16)13(3,4)5/h6,11,15H,7H2,1-5H3,(H,14,16). The van der Waals surface area contributed by atoms with Gasteiger partial charge in [-0.3, -0.25) is 4.79 Å². The molecule has 0 fully saturated rings. The van der Waals surface area contributed by atoms with Gasteiger partial charge in [-0.2, -0.15) is 0 Å². The average Bonchev–Trinajstić information content (AvgIpc) is 2.52. The van der Waals surface area contributed by atoms with E-state index in [0.717, 1.165) is 11.3 Å². The van der Waals surface area contributed by atoms with Crippen molar-refractivity contribution in [2.24, 2.45) is 5.41 Å². The van der Waals surface area contributed by atoms with Crippen molar-refractivity contribution in [3.63, 3.8) is 0 Å². The van der Waals surface area contributed by atoms with Crippen molar-refractivity contribution in [1.82, 2.24) is 5.32 Å². The lowest BCUT2D eigenvalue weighted by atomic mass is 9.95. The molecular weight excluding hydrogens is 218 g/mol. The van der Waals surface area contributed by atoms with Crippen LogP contribution in [0.25, 0.3) is 0 Å². The molecule has 0 aliphatic heterocycles. The SMILES string of the molecule is Cc1cc(C(O)CNC(=O)C(C)(C)C)c(C)o1. The molecule has 1 heterocycles. The number of carbonyl (C=O) groups is 1. The molecule has 1 rings (SSSR count). The minimum atomic E-state index is -0.723. The fourth-order valence-electron chi connectivity index (χ4n) is 1.55. The highest BCUT2D eigenvalue weighted by atomic mass is 16.3. The molecule has 0 saturated carbocycles. The smallest absolute Gasteiger partial charge is 0.225 e. The zero-order valence-corrected chi connectivity index (χ0v) is 11.1. The summed E-state index contributed by atoms with van der Waals surface area (Å²) >= 11 is 0. The molecule has 0 aromatic carbocycles. The molecule has 4 nitrogen and oxygen atoms in total. The number of amides is 1. The van der Waals surface area contributed by atoms with E-state index in [4.69, 9.17) is 4.42 Å². The Hall–Kier alpha value is -1.29. The third-order valence-corrected chi connectivity index (χ3v) is 2.58. The molecule has 17 heavy (non-hydrogen) atoms. The lowest BCUT2D eigenvalue weighted by Crippen LogP contribution is -2.37. The first-order valence-electron chi connectivity index (χ1n) is 5.75. The predicted molar refractivity (Wildman–Crippen MR) is 65.6 cm³/mol. The maximum Gasteiger partial charge on any atom is 0.225 e. The van der Waals surface area contributed by atoms with E-state index in [1.807, 2.05) is 27.7 Å². The third kappa shape index (κ3) is 3.60. The Morgan fingerprint density at radius 1 is 1.47 bits per heavy atom. The number of aryl methyl sites for hydroxylation is 2. The number of hydrogen-bond acceptors (Lipinski definition) is 3. The van der Waals surface area contributed by atoms with Gasteiger partial charge in [-0.25, -0.2) is 0 Å². The van der Waals surface area contributed by atoms with Crippen molar-refractivity contribution in [2.75, 3.05) is 6.54 Å². The van der Waals surface area contributed by atoms with Gasteiger partial charge < -0.3 is 14.8 Å². The fourth-order valence-corrected chi connectivity index (χ4v) is 1.55. The molecule has 1 amide bonds. The molecule has 0 aliphatic carbocycles. The second-order valence-corrected chi connectivity index (χ2v) is 5.34. The van der Waals surface area contributed by atoms with E-state index in [9.17, 15) is 9.90 Å². The average molecular weight is 239 g/mol. The highest BCUT2D eigenvalue weighted by Gasteiger charge is 2.22. The minimum Gasteiger partial charge on any atom is -0.466 e. The zero-order valence-electron chi connectivity index (χ0n) is 11.1. The zero-order chi connectivity index (χ0) is 13.2. The van der Waals surface area contributed by atoms with Gasteiger partial charge in [0, 0.05) is 17.5 Å². The quantitative estimate of drug-likeness (QED) is 0.849. The number of carbonyl (C=O) groups excluding carboxylic acids is 1. The Morgan fingerprint density at radius 2 is 2.06 bits per heavy atom. The normalized spacial score (nSPS) is 13.5. The first kappa shape index (κ1) is 13.8. The summed E-state index contributed by atoms with van der Waals surface area (Å²) in [6, 6.07) is 1.79. The fraction of sp³-hybridized carbons (Fsp3) is 0.615. The van der Waals surface area contributed by atoms with Crippen LogP contribution in [0.2, 0.25) is 0 Å². The van der Waals surface area contributed by atoms with Gasteiger partial charge in [0.05, 0.1) is 6.10 Å². The van der Waals surface area contributed by atoms with Crippen LogP contribution in [0.5, 0.6) is 0 Å². The van der Waals surface area contributed by atoms with Crippen LogP contribution in [0.4, 0.5) is 0 Å². The van der Waals surface area contributed by atoms with E-state index in [0.29, 0.717) is 5.76 Å². The Morgan fingerprint density at radius 3 is 2.47 bits per heavy atom. The summed E-state index contributed by atoms with van der Waals surface area (Å²) in [4.78, 5) is 11.6. The van der Waals surface area contributed by atoms with E-state index in [1.54, 1.807) is 13.0 Å². The van der Waals surface area contributed by atoms with E-state index >= 15 is 0 Å². The minimum absolute atomic E-state index is 0.0746. The number of aliphatic hydroxyl groups excluding tert-OH is 1. The molecule has 0 spiro atoms. The summed E-state index contributed by atoms with van der Waals surface area (Å²) in [6.45, 7) is 9.34. The Balaban J connectivity index is 2.59. The van der Waals surface area contributed by atoms with Gasteiger partial charge in [-0.15, -0.1) is 0 Å². The van der Waals surface area contributed by atoms with Crippen LogP contribution < -0.4 is 5.32 Å². The second-order valence-electron chi connectivity index (χ2n) is 5.34. The van der Waals surface area contributed by atoms with Crippen molar-refractivity contribution in [3.05, 3.63) is 23.2 Å².